The molecule has 0 atom stereocenters. The molecule has 2 N–H and O–H groups in total. The van der Waals surface area contributed by atoms with Gasteiger partial charge in [0.25, 0.3) is 0 Å². The van der Waals surface area contributed by atoms with Gasteiger partial charge in [-0.25, -0.2) is 0 Å². The van der Waals surface area contributed by atoms with Crippen molar-refractivity contribution < 1.29 is 9.47 Å². The van der Waals surface area contributed by atoms with Crippen molar-refractivity contribution in [2.24, 2.45) is 5.73 Å². The molecule has 0 spiro atoms. The van der Waals surface area contributed by atoms with Crippen molar-refractivity contribution in [1.29, 1.82) is 0 Å². The highest BCUT2D eigenvalue weighted by Gasteiger charge is 2.19. The average molecular weight is 226 g/mol. The third-order valence-corrected chi connectivity index (χ3v) is 2.63. The molecular weight excluding hydrogens is 214 g/mol. The molecule has 1 aliphatic heterocycles. The Hall–Kier alpha value is -1.19. The van der Waals surface area contributed by atoms with Crippen LogP contribution in [-0.2, 0) is 0 Å². The van der Waals surface area contributed by atoms with Crippen LogP contribution in [-0.4, -0.2) is 13.3 Å². The standard InChI is InChI=1S/C11H12ClNO2/c1-7-8(3-2-4-13)9(12)5-10-11(7)15-6-14-10/h2-3,5H,4,6,13H2,1H3/b3-2+. The molecule has 1 aliphatic rings. The van der Waals surface area contributed by atoms with Crippen LogP contribution in [0.5, 0.6) is 11.5 Å². The zero-order valence-corrected chi connectivity index (χ0v) is 9.17. The molecule has 0 radical (unpaired) electrons. The van der Waals surface area contributed by atoms with E-state index in [0.717, 1.165) is 16.9 Å². The summed E-state index contributed by atoms with van der Waals surface area (Å²) >= 11 is 6.12. The van der Waals surface area contributed by atoms with Gasteiger partial charge in [-0.1, -0.05) is 23.8 Å². The van der Waals surface area contributed by atoms with E-state index in [9.17, 15) is 0 Å². The lowest BCUT2D eigenvalue weighted by Crippen LogP contribution is -1.94. The zero-order valence-electron chi connectivity index (χ0n) is 8.42. The van der Waals surface area contributed by atoms with E-state index in [4.69, 9.17) is 26.8 Å². The molecule has 0 saturated heterocycles. The highest BCUT2D eigenvalue weighted by atomic mass is 35.5. The van der Waals surface area contributed by atoms with Gasteiger partial charge in [-0.15, -0.1) is 0 Å². The van der Waals surface area contributed by atoms with E-state index in [2.05, 4.69) is 0 Å². The number of halogens is 1. The summed E-state index contributed by atoms with van der Waals surface area (Å²) in [5.74, 6) is 1.48. The van der Waals surface area contributed by atoms with E-state index in [0.29, 0.717) is 17.3 Å². The van der Waals surface area contributed by atoms with E-state index in [1.54, 1.807) is 6.07 Å². The molecule has 0 aromatic heterocycles. The summed E-state index contributed by atoms with van der Waals surface area (Å²) in [4.78, 5) is 0. The first-order valence-corrected chi connectivity index (χ1v) is 5.07. The van der Waals surface area contributed by atoms with Gasteiger partial charge in [-0.05, 0) is 12.5 Å². The van der Waals surface area contributed by atoms with Crippen molar-refractivity contribution in [2.45, 2.75) is 6.92 Å². The fraction of sp³-hybridized carbons (Fsp3) is 0.273. The second-order valence-electron chi connectivity index (χ2n) is 3.27. The molecule has 0 amide bonds. The molecule has 2 rings (SSSR count). The van der Waals surface area contributed by atoms with E-state index < -0.39 is 0 Å². The van der Waals surface area contributed by atoms with Gasteiger partial charge in [0.05, 0.1) is 5.02 Å². The van der Waals surface area contributed by atoms with E-state index >= 15 is 0 Å². The maximum atomic E-state index is 6.12. The van der Waals surface area contributed by atoms with Gasteiger partial charge in [0.2, 0.25) is 6.79 Å². The molecule has 1 aromatic carbocycles. The smallest absolute Gasteiger partial charge is 0.231 e. The predicted octanol–water partition coefficient (Wildman–Crippen LogP) is 2.35. The minimum absolute atomic E-state index is 0.260. The predicted molar refractivity (Wildman–Crippen MR) is 60.4 cm³/mol. The largest absolute Gasteiger partial charge is 0.454 e. The van der Waals surface area contributed by atoms with Crippen LogP contribution in [0.15, 0.2) is 12.1 Å². The van der Waals surface area contributed by atoms with Gasteiger partial charge in [0.15, 0.2) is 11.5 Å². The van der Waals surface area contributed by atoms with Crippen LogP contribution < -0.4 is 15.2 Å². The summed E-state index contributed by atoms with van der Waals surface area (Å²) in [6.07, 6.45) is 3.76. The van der Waals surface area contributed by atoms with Crippen LogP contribution >= 0.6 is 11.6 Å². The minimum Gasteiger partial charge on any atom is -0.454 e. The van der Waals surface area contributed by atoms with E-state index in [1.807, 2.05) is 19.1 Å². The maximum Gasteiger partial charge on any atom is 0.231 e. The Labute approximate surface area is 93.4 Å². The summed E-state index contributed by atoms with van der Waals surface area (Å²) in [6.45, 7) is 2.70. The number of ether oxygens (including phenoxy) is 2. The van der Waals surface area contributed by atoms with Crippen LogP contribution in [0.3, 0.4) is 0 Å². The molecule has 4 heteroatoms. The van der Waals surface area contributed by atoms with Crippen LogP contribution in [0.4, 0.5) is 0 Å². The van der Waals surface area contributed by atoms with Crippen molar-refractivity contribution in [2.75, 3.05) is 13.3 Å². The summed E-state index contributed by atoms with van der Waals surface area (Å²) in [5.41, 5.74) is 7.33. The van der Waals surface area contributed by atoms with Crippen LogP contribution in [0.25, 0.3) is 6.08 Å². The molecule has 0 fully saturated rings. The monoisotopic (exact) mass is 225 g/mol. The first kappa shape index (κ1) is 10.3. The minimum atomic E-state index is 0.260. The van der Waals surface area contributed by atoms with Gasteiger partial charge in [-0.3, -0.25) is 0 Å². The van der Waals surface area contributed by atoms with Crippen molar-refractivity contribution in [1.82, 2.24) is 0 Å². The molecule has 80 valence electrons. The van der Waals surface area contributed by atoms with Gasteiger partial charge in [0, 0.05) is 18.2 Å². The van der Waals surface area contributed by atoms with Crippen LogP contribution in [0.1, 0.15) is 11.1 Å². The second-order valence-corrected chi connectivity index (χ2v) is 3.68. The Morgan fingerprint density at radius 3 is 3.07 bits per heavy atom. The molecule has 15 heavy (non-hydrogen) atoms. The molecule has 1 heterocycles. The first-order chi connectivity index (χ1) is 7.24. The Morgan fingerprint density at radius 1 is 1.53 bits per heavy atom. The van der Waals surface area contributed by atoms with Gasteiger partial charge >= 0.3 is 0 Å². The van der Waals surface area contributed by atoms with Gasteiger partial charge < -0.3 is 15.2 Å². The van der Waals surface area contributed by atoms with Gasteiger partial charge in [-0.2, -0.15) is 0 Å². The fourth-order valence-corrected chi connectivity index (χ4v) is 1.88. The molecule has 0 saturated carbocycles. The average Bonchev–Trinajstić information content (AvgIpc) is 2.65. The number of nitrogens with two attached hydrogens (primary N) is 1. The molecule has 3 nitrogen and oxygen atoms in total. The summed E-state index contributed by atoms with van der Waals surface area (Å²) in [5, 5.41) is 0.654. The molecule has 1 aromatic rings. The molecule has 0 bridgehead atoms. The third kappa shape index (κ3) is 1.80. The topological polar surface area (TPSA) is 44.5 Å². The lowest BCUT2D eigenvalue weighted by molar-refractivity contribution is 0.173. The van der Waals surface area contributed by atoms with Crippen molar-refractivity contribution in [3.8, 4) is 11.5 Å². The summed E-state index contributed by atoms with van der Waals surface area (Å²) in [7, 11) is 0. The maximum absolute atomic E-state index is 6.12. The molecular formula is C11H12ClNO2. The van der Waals surface area contributed by atoms with Crippen molar-refractivity contribution in [3.63, 3.8) is 0 Å². The van der Waals surface area contributed by atoms with Crippen LogP contribution in [0, 0.1) is 6.92 Å². The molecule has 0 unspecified atom stereocenters. The Balaban J connectivity index is 2.51. The van der Waals surface area contributed by atoms with E-state index in [-0.39, 0.29) is 6.79 Å². The van der Waals surface area contributed by atoms with E-state index in [1.165, 1.54) is 0 Å². The SMILES string of the molecule is Cc1c(/C=C/CN)c(Cl)cc2c1OCO2. The summed E-state index contributed by atoms with van der Waals surface area (Å²) < 4.78 is 10.6. The van der Waals surface area contributed by atoms with Gasteiger partial charge in [0.1, 0.15) is 0 Å². The second kappa shape index (κ2) is 4.13. The number of hydrogen-bond acceptors (Lipinski definition) is 3. The first-order valence-electron chi connectivity index (χ1n) is 4.69. The molecule has 0 aliphatic carbocycles. The number of rotatable bonds is 2. The quantitative estimate of drug-likeness (QED) is 0.840. The fourth-order valence-electron chi connectivity index (χ4n) is 1.57. The highest BCUT2D eigenvalue weighted by Crippen LogP contribution is 2.41. The summed E-state index contributed by atoms with van der Waals surface area (Å²) in [6, 6.07) is 1.77. The van der Waals surface area contributed by atoms with Crippen LogP contribution in [0.2, 0.25) is 5.02 Å². The Kier molecular flexibility index (Phi) is 2.84. The highest BCUT2D eigenvalue weighted by molar-refractivity contribution is 6.32. The number of benzene rings is 1. The zero-order chi connectivity index (χ0) is 10.8. The number of fused-ring (bicyclic) bond motifs is 1. The van der Waals surface area contributed by atoms with Crippen molar-refractivity contribution in [3.05, 3.63) is 28.3 Å². The Bertz CT molecular complexity index is 416. The Morgan fingerprint density at radius 2 is 2.33 bits per heavy atom. The lowest BCUT2D eigenvalue weighted by atomic mass is 10.1. The normalized spacial score (nSPS) is 13.8. The van der Waals surface area contributed by atoms with Crippen molar-refractivity contribution >= 4 is 17.7 Å². The third-order valence-electron chi connectivity index (χ3n) is 2.32. The number of hydrogen-bond donors (Lipinski definition) is 1. The lowest BCUT2D eigenvalue weighted by Gasteiger charge is -2.07.